The van der Waals surface area contributed by atoms with E-state index in [0.717, 1.165) is 42.5 Å². The molecule has 1 aliphatic rings. The van der Waals surface area contributed by atoms with Crippen molar-refractivity contribution >= 4 is 46.7 Å². The van der Waals surface area contributed by atoms with Gasteiger partial charge < -0.3 is 15.0 Å². The molecule has 0 radical (unpaired) electrons. The predicted molar refractivity (Wildman–Crippen MR) is 152 cm³/mol. The van der Waals surface area contributed by atoms with E-state index in [4.69, 9.17) is 0 Å². The Hall–Kier alpha value is -2.41. The molecule has 0 amide bonds. The highest BCUT2D eigenvalue weighted by Gasteiger charge is 2.45. The maximum atomic E-state index is 12.5. The van der Waals surface area contributed by atoms with E-state index in [1.807, 2.05) is 17.8 Å². The van der Waals surface area contributed by atoms with Gasteiger partial charge in [-0.25, -0.2) is 19.7 Å². The molecular formula is C27H38F3N5O3S2. The summed E-state index contributed by atoms with van der Waals surface area (Å²) in [6.07, 6.45) is 9.63. The molecule has 0 spiro atoms. The van der Waals surface area contributed by atoms with Crippen molar-refractivity contribution < 1.29 is 27.5 Å². The Morgan fingerprint density at radius 2 is 1.75 bits per heavy atom. The summed E-state index contributed by atoms with van der Waals surface area (Å²) >= 11 is 2.25. The van der Waals surface area contributed by atoms with Crippen LogP contribution >= 0.6 is 23.1 Å². The monoisotopic (exact) mass is 601 g/mol. The van der Waals surface area contributed by atoms with Crippen LogP contribution in [0.3, 0.4) is 0 Å². The molecule has 0 saturated heterocycles. The largest absolute Gasteiger partial charge is 0.491 e. The second-order valence-electron chi connectivity index (χ2n) is 10.4. The molecule has 2 aromatic rings. The van der Waals surface area contributed by atoms with Crippen molar-refractivity contribution in [1.82, 2.24) is 15.0 Å². The predicted octanol–water partition coefficient (Wildman–Crippen LogP) is 6.81. The van der Waals surface area contributed by atoms with Crippen LogP contribution in [0, 0.1) is 0 Å². The van der Waals surface area contributed by atoms with Gasteiger partial charge in [-0.15, -0.1) is 11.3 Å². The van der Waals surface area contributed by atoms with E-state index in [1.165, 1.54) is 70.1 Å². The van der Waals surface area contributed by atoms with Crippen LogP contribution in [0.2, 0.25) is 0 Å². The minimum Gasteiger partial charge on any atom is -0.385 e. The van der Waals surface area contributed by atoms with Crippen molar-refractivity contribution in [2.24, 2.45) is 0 Å². The first-order chi connectivity index (χ1) is 19.0. The Morgan fingerprint density at radius 3 is 2.40 bits per heavy atom. The highest BCUT2D eigenvalue weighted by molar-refractivity contribution is 8.03. The third kappa shape index (κ3) is 10.2. The third-order valence-corrected chi connectivity index (χ3v) is 8.76. The van der Waals surface area contributed by atoms with Crippen molar-refractivity contribution in [3.63, 3.8) is 0 Å². The number of thiazole rings is 1. The Kier molecular flexibility index (Phi) is 12.0. The lowest BCUT2D eigenvalue weighted by molar-refractivity contribution is -0.202. The van der Waals surface area contributed by atoms with E-state index in [2.05, 4.69) is 36.8 Å². The van der Waals surface area contributed by atoms with E-state index < -0.39 is 22.9 Å². The SMILES string of the molecule is CCCCCCCN(CCc1csc(SC(C)(C)C(=O)OC(=O)C(F)(F)F)n1)c1ncc(NC2CCCC2)cn1. The molecule has 1 saturated carbocycles. The number of alkyl halides is 3. The zero-order valence-electron chi connectivity index (χ0n) is 23.3. The molecule has 0 aromatic carbocycles. The number of aromatic nitrogens is 3. The molecule has 1 fully saturated rings. The number of nitrogens with one attached hydrogen (secondary N) is 1. The first-order valence-electron chi connectivity index (χ1n) is 13.8. The van der Waals surface area contributed by atoms with Crippen LogP contribution in [-0.4, -0.2) is 56.9 Å². The number of ether oxygens (including phenoxy) is 1. The minimum atomic E-state index is -5.23. The summed E-state index contributed by atoms with van der Waals surface area (Å²) < 4.78 is 40.5. The summed E-state index contributed by atoms with van der Waals surface area (Å²) in [4.78, 5) is 39.2. The molecule has 0 atom stereocenters. The Balaban J connectivity index is 1.59. The first-order valence-corrected chi connectivity index (χ1v) is 15.5. The van der Waals surface area contributed by atoms with E-state index >= 15 is 0 Å². The number of esters is 2. The summed E-state index contributed by atoms with van der Waals surface area (Å²) in [5.74, 6) is -3.13. The van der Waals surface area contributed by atoms with E-state index in [0.29, 0.717) is 29.3 Å². The van der Waals surface area contributed by atoms with Crippen molar-refractivity contribution in [3.8, 4) is 0 Å². The van der Waals surface area contributed by atoms with Crippen LogP contribution in [0.5, 0.6) is 0 Å². The van der Waals surface area contributed by atoms with Gasteiger partial charge in [-0.3, -0.25) is 4.79 Å². The Morgan fingerprint density at radius 1 is 1.07 bits per heavy atom. The van der Waals surface area contributed by atoms with Crippen LogP contribution in [0.4, 0.5) is 24.8 Å². The number of unbranched alkanes of at least 4 members (excludes halogenated alkanes) is 4. The third-order valence-electron chi connectivity index (χ3n) is 6.60. The normalized spacial score (nSPS) is 14.3. The summed E-state index contributed by atoms with van der Waals surface area (Å²) in [6, 6.07) is 0.484. The van der Waals surface area contributed by atoms with Gasteiger partial charge in [0.2, 0.25) is 5.95 Å². The molecule has 222 valence electrons. The molecule has 2 heterocycles. The van der Waals surface area contributed by atoms with Crippen molar-refractivity contribution in [2.45, 2.75) is 106 Å². The van der Waals surface area contributed by atoms with Crippen molar-refractivity contribution in [1.29, 1.82) is 0 Å². The summed E-state index contributed by atoms with van der Waals surface area (Å²) in [5, 5.41) is 5.38. The number of anilines is 2. The molecule has 8 nitrogen and oxygen atoms in total. The van der Waals surface area contributed by atoms with Crippen LogP contribution in [0.15, 0.2) is 22.1 Å². The minimum absolute atomic E-state index is 0.484. The molecule has 3 rings (SSSR count). The van der Waals surface area contributed by atoms with E-state index in [-0.39, 0.29) is 0 Å². The zero-order chi connectivity index (χ0) is 29.2. The highest BCUT2D eigenvalue weighted by Crippen LogP contribution is 2.36. The second-order valence-corrected chi connectivity index (χ2v) is 13.2. The number of carbonyl (C=O) groups excluding carboxylic acids is 2. The van der Waals surface area contributed by atoms with Gasteiger partial charge in [0.1, 0.15) is 4.75 Å². The van der Waals surface area contributed by atoms with E-state index in [9.17, 15) is 22.8 Å². The van der Waals surface area contributed by atoms with Gasteiger partial charge in [0, 0.05) is 30.9 Å². The van der Waals surface area contributed by atoms with Gasteiger partial charge in [-0.2, -0.15) is 13.2 Å². The smallest absolute Gasteiger partial charge is 0.385 e. The zero-order valence-corrected chi connectivity index (χ0v) is 24.9. The Labute approximate surface area is 241 Å². The standard InChI is InChI=1S/C27H38F3N5O3S2/c1-4-5-6-7-10-14-35(24-31-16-21(17-32-24)33-19-11-8-9-12-19)15-13-20-18-39-25(34-20)40-26(2,3)22(36)38-23(37)27(28,29)30/h16-19,33H,4-15H2,1-3H3. The first kappa shape index (κ1) is 32.1. The molecular weight excluding hydrogens is 563 g/mol. The van der Waals surface area contributed by atoms with Gasteiger partial charge in [0.05, 0.1) is 23.8 Å². The maximum absolute atomic E-state index is 12.5. The molecule has 2 aromatic heterocycles. The molecule has 40 heavy (non-hydrogen) atoms. The summed E-state index contributed by atoms with van der Waals surface area (Å²) in [5.41, 5.74) is 1.72. The number of halogens is 3. The van der Waals surface area contributed by atoms with Crippen LogP contribution < -0.4 is 10.2 Å². The van der Waals surface area contributed by atoms with Gasteiger partial charge in [0.15, 0.2) is 4.34 Å². The summed E-state index contributed by atoms with van der Waals surface area (Å²) in [7, 11) is 0. The number of hydrogen-bond donors (Lipinski definition) is 1. The molecule has 13 heteroatoms. The number of nitrogens with zero attached hydrogens (tertiary/aromatic N) is 4. The number of rotatable bonds is 15. The summed E-state index contributed by atoms with van der Waals surface area (Å²) in [6.45, 7) is 6.44. The van der Waals surface area contributed by atoms with Gasteiger partial charge >= 0.3 is 18.1 Å². The van der Waals surface area contributed by atoms with Gasteiger partial charge in [-0.1, -0.05) is 57.2 Å². The molecule has 0 bridgehead atoms. The van der Waals surface area contributed by atoms with Crippen molar-refractivity contribution in [2.75, 3.05) is 23.3 Å². The average Bonchev–Trinajstić information content (AvgIpc) is 3.57. The molecule has 0 aliphatic heterocycles. The molecule has 1 N–H and O–H groups in total. The number of thioether (sulfide) groups is 1. The second kappa shape index (κ2) is 15.0. The van der Waals surface area contributed by atoms with Crippen LogP contribution in [0.25, 0.3) is 0 Å². The lowest BCUT2D eigenvalue weighted by Gasteiger charge is -2.23. The molecule has 1 aliphatic carbocycles. The average molecular weight is 602 g/mol. The number of carbonyl (C=O) groups is 2. The molecule has 0 unspecified atom stereocenters. The van der Waals surface area contributed by atoms with Gasteiger partial charge in [-0.05, 0) is 33.1 Å². The van der Waals surface area contributed by atoms with E-state index in [1.54, 1.807) is 0 Å². The highest BCUT2D eigenvalue weighted by atomic mass is 32.2. The fourth-order valence-corrected chi connectivity index (χ4v) is 6.57. The lowest BCUT2D eigenvalue weighted by Crippen LogP contribution is -2.36. The van der Waals surface area contributed by atoms with Gasteiger partial charge in [0.25, 0.3) is 0 Å². The van der Waals surface area contributed by atoms with Crippen LogP contribution in [0.1, 0.15) is 84.3 Å². The van der Waals surface area contributed by atoms with Crippen LogP contribution in [-0.2, 0) is 20.7 Å². The topological polar surface area (TPSA) is 97.3 Å². The fourth-order valence-electron chi connectivity index (χ4n) is 4.31. The number of hydrogen-bond acceptors (Lipinski definition) is 10. The lowest BCUT2D eigenvalue weighted by atomic mass is 10.1. The maximum Gasteiger partial charge on any atom is 0.491 e. The Bertz CT molecular complexity index is 1090. The van der Waals surface area contributed by atoms with Crippen molar-refractivity contribution in [3.05, 3.63) is 23.5 Å². The fraction of sp³-hybridized carbons (Fsp3) is 0.667. The quantitative estimate of drug-likeness (QED) is 0.102.